The quantitative estimate of drug-likeness (QED) is 0.919. The van der Waals surface area contributed by atoms with Crippen molar-refractivity contribution in [2.45, 2.75) is 70.7 Å². The summed E-state index contributed by atoms with van der Waals surface area (Å²) in [4.78, 5) is 2.52. The van der Waals surface area contributed by atoms with E-state index >= 15 is 0 Å². The van der Waals surface area contributed by atoms with Gasteiger partial charge in [0.1, 0.15) is 5.75 Å². The molecule has 134 valence electrons. The van der Waals surface area contributed by atoms with Gasteiger partial charge in [0.15, 0.2) is 0 Å². The second kappa shape index (κ2) is 6.66. The first kappa shape index (κ1) is 17.7. The smallest absolute Gasteiger partial charge is 0.122 e. The van der Waals surface area contributed by atoms with Gasteiger partial charge in [-0.15, -0.1) is 0 Å². The number of aliphatic hydroxyl groups excluding tert-OH is 1. The van der Waals surface area contributed by atoms with Gasteiger partial charge in [-0.2, -0.15) is 0 Å². The van der Waals surface area contributed by atoms with Crippen LogP contribution in [-0.4, -0.2) is 48.5 Å². The maximum absolute atomic E-state index is 10.2. The zero-order chi connectivity index (χ0) is 17.5. The van der Waals surface area contributed by atoms with Crippen LogP contribution in [0.5, 0.6) is 5.75 Å². The Hall–Kier alpha value is -1.10. The summed E-state index contributed by atoms with van der Waals surface area (Å²) < 4.78 is 11.5. The molecule has 1 aromatic carbocycles. The van der Waals surface area contributed by atoms with Crippen molar-refractivity contribution < 1.29 is 14.6 Å². The van der Waals surface area contributed by atoms with Crippen molar-refractivity contribution in [1.29, 1.82) is 0 Å². The summed E-state index contributed by atoms with van der Waals surface area (Å²) in [6.07, 6.45) is 3.51. The van der Waals surface area contributed by atoms with Gasteiger partial charge >= 0.3 is 0 Å². The molecule has 24 heavy (non-hydrogen) atoms. The largest absolute Gasteiger partial charge is 0.496 e. The van der Waals surface area contributed by atoms with Gasteiger partial charge in [0, 0.05) is 26.2 Å². The van der Waals surface area contributed by atoms with Crippen molar-refractivity contribution in [3.05, 3.63) is 28.3 Å². The monoisotopic (exact) mass is 333 g/mol. The second-order valence-corrected chi connectivity index (χ2v) is 7.56. The molecule has 1 N–H and O–H groups in total. The van der Waals surface area contributed by atoms with Gasteiger partial charge in [0.2, 0.25) is 0 Å². The molecule has 3 rings (SSSR count). The summed E-state index contributed by atoms with van der Waals surface area (Å²) in [5, 5.41) is 10.2. The molecule has 0 aromatic heterocycles. The maximum Gasteiger partial charge on any atom is 0.122 e. The Kier molecular flexibility index (Phi) is 4.92. The molecule has 1 aliphatic carbocycles. The third-order valence-corrected chi connectivity index (χ3v) is 6.46. The molecular formula is C20H31NO3. The Labute approximate surface area is 145 Å². The zero-order valence-corrected chi connectivity index (χ0v) is 15.7. The van der Waals surface area contributed by atoms with Crippen LogP contribution < -0.4 is 4.74 Å². The number of hydrogen-bond donors (Lipinski definition) is 1. The fourth-order valence-corrected chi connectivity index (χ4v) is 4.72. The fraction of sp³-hybridized carbons (Fsp3) is 0.700. The summed E-state index contributed by atoms with van der Waals surface area (Å²) in [6, 6.07) is 2.46. The molecule has 4 nitrogen and oxygen atoms in total. The van der Waals surface area contributed by atoms with Gasteiger partial charge in [-0.25, -0.2) is 0 Å². The van der Waals surface area contributed by atoms with E-state index in [0.29, 0.717) is 6.04 Å². The number of nitrogens with zero attached hydrogens (tertiary/aromatic N) is 1. The van der Waals surface area contributed by atoms with Crippen molar-refractivity contribution in [3.8, 4) is 5.75 Å². The zero-order valence-electron chi connectivity index (χ0n) is 15.7. The minimum atomic E-state index is -0.196. The number of ether oxygens (including phenoxy) is 2. The molecule has 1 aliphatic heterocycles. The fourth-order valence-electron chi connectivity index (χ4n) is 4.72. The predicted molar refractivity (Wildman–Crippen MR) is 95.6 cm³/mol. The number of benzene rings is 1. The van der Waals surface area contributed by atoms with Crippen LogP contribution in [0.4, 0.5) is 0 Å². The van der Waals surface area contributed by atoms with Crippen LogP contribution in [-0.2, 0) is 11.3 Å². The molecule has 0 radical (unpaired) electrons. The van der Waals surface area contributed by atoms with E-state index in [0.717, 1.165) is 44.5 Å². The maximum atomic E-state index is 10.2. The number of fused-ring (bicyclic) bond motifs is 1. The van der Waals surface area contributed by atoms with Crippen molar-refractivity contribution in [1.82, 2.24) is 4.90 Å². The molecule has 0 bridgehead atoms. The molecule has 4 heteroatoms. The normalized spacial score (nSPS) is 30.4. The molecule has 0 spiro atoms. The first-order chi connectivity index (χ1) is 11.4. The van der Waals surface area contributed by atoms with Gasteiger partial charge in [-0.1, -0.05) is 0 Å². The van der Waals surface area contributed by atoms with Crippen LogP contribution >= 0.6 is 0 Å². The molecule has 0 amide bonds. The number of aliphatic hydroxyl groups is 1. The standard InChI is InChI=1S/C20H31NO3/c1-13-10-18(23-4)15(3)14(2)17(13)12-21-9-8-20(24-5)7-6-16(22)11-19(20)21/h10,16,19,22H,6-9,11-12H2,1-5H3/t16-,19-,20+/m0/s1. The molecule has 1 heterocycles. The molecule has 1 saturated carbocycles. The second-order valence-electron chi connectivity index (χ2n) is 7.56. The SMILES string of the molecule is COc1cc(C)c(CN2CC[C@]3(OC)CC[C@H](O)C[C@H]23)c(C)c1C. The molecule has 2 aliphatic rings. The Morgan fingerprint density at radius 1 is 1.21 bits per heavy atom. The van der Waals surface area contributed by atoms with Gasteiger partial charge < -0.3 is 14.6 Å². The summed E-state index contributed by atoms with van der Waals surface area (Å²) >= 11 is 0. The summed E-state index contributed by atoms with van der Waals surface area (Å²) in [5.74, 6) is 0.967. The lowest BCUT2D eigenvalue weighted by atomic mass is 9.79. The van der Waals surface area contributed by atoms with Crippen LogP contribution in [0.25, 0.3) is 0 Å². The number of aryl methyl sites for hydroxylation is 1. The topological polar surface area (TPSA) is 41.9 Å². The number of hydrogen-bond acceptors (Lipinski definition) is 4. The number of rotatable bonds is 4. The number of likely N-dealkylation sites (tertiary alicyclic amines) is 1. The Morgan fingerprint density at radius 3 is 2.62 bits per heavy atom. The van der Waals surface area contributed by atoms with Crippen molar-refractivity contribution in [3.63, 3.8) is 0 Å². The summed E-state index contributed by atoms with van der Waals surface area (Å²) in [7, 11) is 3.57. The van der Waals surface area contributed by atoms with Crippen LogP contribution in [0.1, 0.15) is 47.9 Å². The molecule has 3 atom stereocenters. The Balaban J connectivity index is 1.88. The molecule has 0 unspecified atom stereocenters. The average Bonchev–Trinajstić information content (AvgIpc) is 2.93. The average molecular weight is 333 g/mol. The minimum Gasteiger partial charge on any atom is -0.496 e. The van der Waals surface area contributed by atoms with Gasteiger partial charge in [-0.05, 0) is 74.8 Å². The van der Waals surface area contributed by atoms with E-state index in [2.05, 4.69) is 31.7 Å². The minimum absolute atomic E-state index is 0.0669. The highest BCUT2D eigenvalue weighted by atomic mass is 16.5. The van der Waals surface area contributed by atoms with Crippen LogP contribution in [0.2, 0.25) is 0 Å². The lowest BCUT2D eigenvalue weighted by Crippen LogP contribution is -2.51. The predicted octanol–water partition coefficient (Wildman–Crippen LogP) is 3.12. The van der Waals surface area contributed by atoms with Gasteiger partial charge in [-0.3, -0.25) is 4.90 Å². The lowest BCUT2D eigenvalue weighted by molar-refractivity contribution is -0.0879. The van der Waals surface area contributed by atoms with E-state index in [1.165, 1.54) is 22.3 Å². The van der Waals surface area contributed by atoms with Crippen LogP contribution in [0, 0.1) is 20.8 Å². The summed E-state index contributed by atoms with van der Waals surface area (Å²) in [6.45, 7) is 8.44. The number of methoxy groups -OCH3 is 2. The van der Waals surface area contributed by atoms with Gasteiger partial charge in [0.25, 0.3) is 0 Å². The third kappa shape index (κ3) is 2.85. The highest BCUT2D eigenvalue weighted by Gasteiger charge is 2.50. The Morgan fingerprint density at radius 2 is 1.96 bits per heavy atom. The highest BCUT2D eigenvalue weighted by Crippen LogP contribution is 2.43. The third-order valence-electron chi connectivity index (χ3n) is 6.46. The molecule has 1 saturated heterocycles. The van der Waals surface area contributed by atoms with E-state index in [1.807, 2.05) is 7.11 Å². The van der Waals surface area contributed by atoms with Crippen molar-refractivity contribution in [2.24, 2.45) is 0 Å². The van der Waals surface area contributed by atoms with E-state index in [4.69, 9.17) is 9.47 Å². The lowest BCUT2D eigenvalue weighted by Gasteiger charge is -2.42. The highest BCUT2D eigenvalue weighted by molar-refractivity contribution is 5.48. The van der Waals surface area contributed by atoms with E-state index in [1.54, 1.807) is 7.11 Å². The summed E-state index contributed by atoms with van der Waals surface area (Å²) in [5.41, 5.74) is 5.14. The van der Waals surface area contributed by atoms with E-state index in [-0.39, 0.29) is 11.7 Å². The van der Waals surface area contributed by atoms with Crippen molar-refractivity contribution in [2.75, 3.05) is 20.8 Å². The van der Waals surface area contributed by atoms with Crippen molar-refractivity contribution >= 4 is 0 Å². The van der Waals surface area contributed by atoms with E-state index in [9.17, 15) is 5.11 Å². The van der Waals surface area contributed by atoms with Crippen LogP contribution in [0.15, 0.2) is 6.07 Å². The van der Waals surface area contributed by atoms with Gasteiger partial charge in [0.05, 0.1) is 18.8 Å². The molecular weight excluding hydrogens is 302 g/mol. The first-order valence-corrected chi connectivity index (χ1v) is 9.03. The Bertz CT molecular complexity index is 615. The van der Waals surface area contributed by atoms with Crippen LogP contribution in [0.3, 0.4) is 0 Å². The molecule has 2 fully saturated rings. The van der Waals surface area contributed by atoms with E-state index < -0.39 is 0 Å². The first-order valence-electron chi connectivity index (χ1n) is 9.03. The molecule has 1 aromatic rings.